The third kappa shape index (κ3) is 4.41. The maximum atomic E-state index is 14.1. The summed E-state index contributed by atoms with van der Waals surface area (Å²) >= 11 is 0. The van der Waals surface area contributed by atoms with Gasteiger partial charge in [-0.2, -0.15) is 5.10 Å². The van der Waals surface area contributed by atoms with Crippen molar-refractivity contribution in [1.82, 2.24) is 24.5 Å². The number of amides is 3. The molecule has 2 aliphatic heterocycles. The lowest BCUT2D eigenvalue weighted by molar-refractivity contribution is -0.135. The minimum atomic E-state index is -0.368. The fraction of sp³-hybridized carbons (Fsp3) is 0.533. The molecule has 3 heterocycles. The molecule has 2 N–H and O–H groups in total. The third-order valence-corrected chi connectivity index (χ3v) is 9.77. The zero-order valence-electron chi connectivity index (χ0n) is 23.7. The summed E-state index contributed by atoms with van der Waals surface area (Å²) in [6.07, 6.45) is 4.86. The molecule has 41 heavy (non-hydrogen) atoms. The molecule has 3 aliphatic carbocycles. The van der Waals surface area contributed by atoms with Crippen LogP contribution in [0, 0.1) is 25.6 Å². The number of carbonyl (C=O) groups is 3. The van der Waals surface area contributed by atoms with Crippen LogP contribution < -0.4 is 10.6 Å². The largest absolute Gasteiger partial charge is 0.369 e. The van der Waals surface area contributed by atoms with Crippen molar-refractivity contribution in [2.75, 3.05) is 57.3 Å². The predicted octanol–water partition coefficient (Wildman–Crippen LogP) is 1.33. The van der Waals surface area contributed by atoms with E-state index in [2.05, 4.69) is 11.0 Å². The zero-order valence-corrected chi connectivity index (χ0v) is 23.7. The molecule has 1 atom stereocenters. The molecule has 3 fully saturated rings. The van der Waals surface area contributed by atoms with E-state index < -0.39 is 0 Å². The zero-order chi connectivity index (χ0) is 28.6. The van der Waals surface area contributed by atoms with Gasteiger partial charge in [-0.3, -0.25) is 24.0 Å². The Morgan fingerprint density at radius 1 is 1.02 bits per heavy atom. The highest BCUT2D eigenvalue weighted by Crippen LogP contribution is 2.51. The average molecular weight is 562 g/mol. The van der Waals surface area contributed by atoms with E-state index in [0.717, 1.165) is 48.3 Å². The number of piperazine rings is 2. The number of hydrogen-bond acceptors (Lipinski definition) is 6. The summed E-state index contributed by atoms with van der Waals surface area (Å²) in [7, 11) is 0. The van der Waals surface area contributed by atoms with Gasteiger partial charge in [-0.25, -0.2) is 4.39 Å². The minimum Gasteiger partial charge on any atom is -0.369 e. The summed E-state index contributed by atoms with van der Waals surface area (Å²) < 4.78 is 15.9. The van der Waals surface area contributed by atoms with Gasteiger partial charge >= 0.3 is 0 Å². The second-order valence-corrected chi connectivity index (χ2v) is 12.3. The molecular weight excluding hydrogens is 525 g/mol. The Morgan fingerprint density at radius 3 is 2.49 bits per heavy atom. The number of aromatic nitrogens is 2. The molecule has 2 saturated heterocycles. The first-order valence-electron chi connectivity index (χ1n) is 14.6. The molecule has 3 amide bonds. The van der Waals surface area contributed by atoms with Gasteiger partial charge in [0, 0.05) is 75.1 Å². The Morgan fingerprint density at radius 2 is 1.78 bits per heavy atom. The van der Waals surface area contributed by atoms with E-state index in [1.54, 1.807) is 9.58 Å². The van der Waals surface area contributed by atoms with E-state index in [1.165, 1.54) is 11.6 Å². The molecule has 1 saturated carbocycles. The van der Waals surface area contributed by atoms with Gasteiger partial charge in [0.25, 0.3) is 5.91 Å². The van der Waals surface area contributed by atoms with Crippen LogP contribution in [0.4, 0.5) is 10.1 Å². The lowest BCUT2D eigenvalue weighted by atomic mass is 10.0. The number of primary amides is 1. The first kappa shape index (κ1) is 26.2. The Balaban J connectivity index is 1.07. The number of benzene rings is 1. The van der Waals surface area contributed by atoms with Crippen LogP contribution in [-0.4, -0.2) is 100 Å². The van der Waals surface area contributed by atoms with Gasteiger partial charge in [0.2, 0.25) is 11.8 Å². The summed E-state index contributed by atoms with van der Waals surface area (Å²) in [6.45, 7) is 8.32. The normalized spacial score (nSPS) is 22.5. The van der Waals surface area contributed by atoms with E-state index in [-0.39, 0.29) is 42.2 Å². The lowest BCUT2D eigenvalue weighted by Gasteiger charge is -2.44. The molecule has 0 bridgehead atoms. The number of anilines is 1. The molecule has 216 valence electrons. The Hall–Kier alpha value is -3.73. The first-order valence-corrected chi connectivity index (χ1v) is 14.6. The number of carbonyl (C=O) groups excluding carboxylic acids is 3. The highest BCUT2D eigenvalue weighted by atomic mass is 19.1. The van der Waals surface area contributed by atoms with Crippen molar-refractivity contribution in [3.63, 3.8) is 0 Å². The van der Waals surface area contributed by atoms with Crippen LogP contribution in [-0.2, 0) is 22.6 Å². The molecular formula is C30H36FN7O3. The monoisotopic (exact) mass is 561 g/mol. The van der Waals surface area contributed by atoms with Gasteiger partial charge in [-0.05, 0) is 55.5 Å². The smallest absolute Gasteiger partial charge is 0.275 e. The highest BCUT2D eigenvalue weighted by Gasteiger charge is 2.53. The van der Waals surface area contributed by atoms with E-state index in [1.807, 2.05) is 29.7 Å². The summed E-state index contributed by atoms with van der Waals surface area (Å²) in [6, 6.07) is 3.39. The summed E-state index contributed by atoms with van der Waals surface area (Å²) in [4.78, 5) is 46.7. The fourth-order valence-electron chi connectivity index (χ4n) is 7.06. The van der Waals surface area contributed by atoms with Crippen LogP contribution >= 0.6 is 0 Å². The SMILES string of the molecule is Cc1c(F)ccc(N2CCN(C(=O)Cn3nc(C(=O)N4CCN(CC(N)=O)CC4)c4c3C[C@H]3C=C43)C3(CC3)C2)c1C. The maximum absolute atomic E-state index is 14.1. The number of nitrogens with two attached hydrogens (primary N) is 1. The third-order valence-electron chi connectivity index (χ3n) is 9.77. The molecule has 7 rings (SSSR count). The fourth-order valence-corrected chi connectivity index (χ4v) is 7.06. The molecule has 5 aliphatic rings. The van der Waals surface area contributed by atoms with E-state index >= 15 is 0 Å². The van der Waals surface area contributed by atoms with Crippen molar-refractivity contribution >= 4 is 29.0 Å². The Labute approximate surface area is 238 Å². The van der Waals surface area contributed by atoms with Crippen molar-refractivity contribution in [3.05, 3.63) is 52.1 Å². The standard InChI is InChI=1S/C30H36FN7O3/c1-18-19(2)23(4-3-22(18)31)36-11-12-37(30(17-36)5-6-30)26(40)16-38-24-14-20-13-21(20)27(24)28(33-38)29(41)35-9-7-34(8-10-35)15-25(32)39/h3-4,13,20H,5-12,14-17H2,1-2H3,(H2,32,39)/t20-/m1/s1. The highest BCUT2D eigenvalue weighted by molar-refractivity contribution is 6.02. The first-order chi connectivity index (χ1) is 19.6. The van der Waals surface area contributed by atoms with Crippen LogP contribution in [0.5, 0.6) is 0 Å². The number of rotatable bonds is 6. The number of nitrogens with zero attached hydrogens (tertiary/aromatic N) is 6. The summed E-state index contributed by atoms with van der Waals surface area (Å²) in [5, 5.41) is 4.75. The van der Waals surface area contributed by atoms with Gasteiger partial charge in [0.15, 0.2) is 5.69 Å². The quantitative estimate of drug-likeness (QED) is 0.570. The van der Waals surface area contributed by atoms with Crippen molar-refractivity contribution in [3.8, 4) is 0 Å². The van der Waals surface area contributed by atoms with Crippen LogP contribution in [0.15, 0.2) is 18.2 Å². The average Bonchev–Trinajstić information content (AvgIpc) is 3.83. The Bertz CT molecular complexity index is 1500. The molecule has 10 nitrogen and oxygen atoms in total. The molecule has 0 radical (unpaired) electrons. The van der Waals surface area contributed by atoms with Gasteiger partial charge < -0.3 is 20.4 Å². The number of fused-ring (bicyclic) bond motifs is 3. The van der Waals surface area contributed by atoms with Gasteiger partial charge in [-0.15, -0.1) is 0 Å². The molecule has 1 spiro atoms. The number of hydrogen-bond donors (Lipinski definition) is 1. The molecule has 11 heteroatoms. The van der Waals surface area contributed by atoms with Crippen LogP contribution in [0.2, 0.25) is 0 Å². The summed E-state index contributed by atoms with van der Waals surface area (Å²) in [5.41, 5.74) is 11.3. The number of allylic oxidation sites excluding steroid dienone is 2. The second-order valence-electron chi connectivity index (χ2n) is 12.3. The predicted molar refractivity (Wildman–Crippen MR) is 151 cm³/mol. The van der Waals surface area contributed by atoms with Gasteiger partial charge in [0.1, 0.15) is 12.4 Å². The van der Waals surface area contributed by atoms with Crippen LogP contribution in [0.25, 0.3) is 5.57 Å². The van der Waals surface area contributed by atoms with Crippen molar-refractivity contribution < 1.29 is 18.8 Å². The molecule has 0 unspecified atom stereocenters. The topological polar surface area (TPSA) is 108 Å². The van der Waals surface area contributed by atoms with Gasteiger partial charge in [-0.1, -0.05) is 6.08 Å². The molecule has 2 aromatic rings. The van der Waals surface area contributed by atoms with E-state index in [0.29, 0.717) is 56.4 Å². The van der Waals surface area contributed by atoms with Crippen molar-refractivity contribution in [2.24, 2.45) is 11.7 Å². The lowest BCUT2D eigenvalue weighted by Crippen LogP contribution is -2.58. The Kier molecular flexibility index (Phi) is 6.01. The minimum absolute atomic E-state index is 0.0353. The number of halogens is 1. The van der Waals surface area contributed by atoms with Crippen LogP contribution in [0.3, 0.4) is 0 Å². The molecule has 1 aromatic carbocycles. The van der Waals surface area contributed by atoms with E-state index in [9.17, 15) is 18.8 Å². The molecule has 1 aromatic heterocycles. The van der Waals surface area contributed by atoms with Crippen LogP contribution in [0.1, 0.15) is 45.7 Å². The second kappa shape index (κ2) is 9.40. The maximum Gasteiger partial charge on any atom is 0.275 e. The van der Waals surface area contributed by atoms with Crippen molar-refractivity contribution in [1.29, 1.82) is 0 Å². The van der Waals surface area contributed by atoms with E-state index in [4.69, 9.17) is 10.8 Å². The van der Waals surface area contributed by atoms with Gasteiger partial charge in [0.05, 0.1) is 12.1 Å². The summed E-state index contributed by atoms with van der Waals surface area (Å²) in [5.74, 6) is -0.286. The van der Waals surface area contributed by atoms with Crippen molar-refractivity contribution in [2.45, 2.75) is 45.2 Å².